The number of hydrogen-bond acceptors (Lipinski definition) is 4. The van der Waals surface area contributed by atoms with Crippen molar-refractivity contribution in [1.82, 2.24) is 0 Å². The molecule has 0 bridgehead atoms. The molecule has 0 amide bonds. The van der Waals surface area contributed by atoms with E-state index in [1.807, 2.05) is 24.3 Å². The van der Waals surface area contributed by atoms with Crippen LogP contribution in [0.2, 0.25) is 0 Å². The molecule has 0 aliphatic rings. The molecule has 1 atom stereocenters. The zero-order valence-electron chi connectivity index (χ0n) is 10.5. The third-order valence-corrected chi connectivity index (χ3v) is 2.49. The van der Waals surface area contributed by atoms with Gasteiger partial charge in [0.05, 0.1) is 13.2 Å². The first-order chi connectivity index (χ1) is 8.31. The van der Waals surface area contributed by atoms with Crippen LogP contribution >= 0.6 is 0 Å². The first kappa shape index (κ1) is 14.0. The molecule has 0 radical (unpaired) electrons. The Morgan fingerprint density at radius 2 is 2.06 bits per heavy atom. The number of methoxy groups -OCH3 is 2. The molecule has 0 spiro atoms. The maximum absolute atomic E-state index is 5.72. The maximum Gasteiger partial charge on any atom is 0.119 e. The van der Waals surface area contributed by atoms with E-state index in [0.29, 0.717) is 19.8 Å². The minimum Gasteiger partial charge on any atom is -0.497 e. The largest absolute Gasteiger partial charge is 0.497 e. The molecule has 96 valence electrons. The van der Waals surface area contributed by atoms with Crippen molar-refractivity contribution in [1.29, 1.82) is 0 Å². The Kier molecular flexibility index (Phi) is 6.62. The van der Waals surface area contributed by atoms with Gasteiger partial charge in [0.15, 0.2) is 0 Å². The number of nitrogens with two attached hydrogens (primary N) is 1. The normalized spacial score (nSPS) is 12.4. The molecular formula is C13H21NO3. The van der Waals surface area contributed by atoms with Crippen molar-refractivity contribution in [2.75, 3.05) is 34.0 Å². The van der Waals surface area contributed by atoms with Crippen LogP contribution in [-0.2, 0) is 9.47 Å². The second kappa shape index (κ2) is 8.06. The molecule has 0 saturated heterocycles. The smallest absolute Gasteiger partial charge is 0.119 e. The lowest BCUT2D eigenvalue weighted by Crippen LogP contribution is -2.17. The Hall–Kier alpha value is -1.10. The molecule has 1 unspecified atom stereocenters. The average molecular weight is 239 g/mol. The van der Waals surface area contributed by atoms with Crippen LogP contribution in [0.15, 0.2) is 24.3 Å². The third-order valence-electron chi connectivity index (χ3n) is 2.49. The van der Waals surface area contributed by atoms with Crippen molar-refractivity contribution in [3.05, 3.63) is 29.8 Å². The number of hydrogen-bond donors (Lipinski definition) is 1. The van der Waals surface area contributed by atoms with Crippen molar-refractivity contribution in [3.63, 3.8) is 0 Å². The van der Waals surface area contributed by atoms with Crippen LogP contribution in [0.5, 0.6) is 5.75 Å². The zero-order chi connectivity index (χ0) is 12.5. The monoisotopic (exact) mass is 239 g/mol. The van der Waals surface area contributed by atoms with E-state index in [0.717, 1.165) is 17.7 Å². The molecule has 1 aromatic rings. The third kappa shape index (κ3) is 4.73. The molecule has 0 heterocycles. The number of ether oxygens (including phenoxy) is 3. The van der Waals surface area contributed by atoms with Gasteiger partial charge >= 0.3 is 0 Å². The van der Waals surface area contributed by atoms with Crippen LogP contribution in [-0.4, -0.2) is 34.0 Å². The van der Waals surface area contributed by atoms with Gasteiger partial charge in [-0.1, -0.05) is 12.1 Å². The molecule has 0 aliphatic carbocycles. The summed E-state index contributed by atoms with van der Waals surface area (Å²) in [6.07, 6.45) is 0.790. The molecule has 0 aliphatic heterocycles. The Bertz CT molecular complexity index is 317. The topological polar surface area (TPSA) is 53.7 Å². The standard InChI is InChI=1S/C13H21NO3/c1-15-7-4-8-17-13(10-14)11-5-3-6-12(9-11)16-2/h3,5-6,9,13H,4,7-8,10,14H2,1-2H3. The van der Waals surface area contributed by atoms with Crippen molar-refractivity contribution in [3.8, 4) is 5.75 Å². The molecule has 4 heteroatoms. The summed E-state index contributed by atoms with van der Waals surface area (Å²) in [6.45, 7) is 1.81. The second-order valence-corrected chi connectivity index (χ2v) is 3.72. The average Bonchev–Trinajstić information content (AvgIpc) is 2.39. The van der Waals surface area contributed by atoms with Crippen LogP contribution in [0.3, 0.4) is 0 Å². The van der Waals surface area contributed by atoms with Crippen LogP contribution < -0.4 is 10.5 Å². The highest BCUT2D eigenvalue weighted by Gasteiger charge is 2.10. The first-order valence-corrected chi connectivity index (χ1v) is 5.76. The highest BCUT2D eigenvalue weighted by Crippen LogP contribution is 2.21. The molecule has 1 aromatic carbocycles. The second-order valence-electron chi connectivity index (χ2n) is 3.72. The number of benzene rings is 1. The van der Waals surface area contributed by atoms with E-state index in [2.05, 4.69) is 0 Å². The van der Waals surface area contributed by atoms with Gasteiger partial charge in [-0.3, -0.25) is 0 Å². The van der Waals surface area contributed by atoms with Crippen LogP contribution in [0.1, 0.15) is 18.1 Å². The van der Waals surface area contributed by atoms with E-state index in [4.69, 9.17) is 19.9 Å². The zero-order valence-corrected chi connectivity index (χ0v) is 10.5. The molecule has 0 aromatic heterocycles. The molecule has 1 rings (SSSR count). The summed E-state index contributed by atoms with van der Waals surface area (Å²) in [4.78, 5) is 0. The van der Waals surface area contributed by atoms with Crippen LogP contribution in [0.25, 0.3) is 0 Å². The van der Waals surface area contributed by atoms with Gasteiger partial charge < -0.3 is 19.9 Å². The molecule has 0 fully saturated rings. The highest BCUT2D eigenvalue weighted by atomic mass is 16.5. The summed E-state index contributed by atoms with van der Waals surface area (Å²) < 4.78 is 15.9. The van der Waals surface area contributed by atoms with Gasteiger partial charge in [0.25, 0.3) is 0 Å². The van der Waals surface area contributed by atoms with Gasteiger partial charge in [-0.15, -0.1) is 0 Å². The fourth-order valence-corrected chi connectivity index (χ4v) is 1.57. The Morgan fingerprint density at radius 1 is 1.24 bits per heavy atom. The van der Waals surface area contributed by atoms with Crippen molar-refractivity contribution < 1.29 is 14.2 Å². The van der Waals surface area contributed by atoms with Gasteiger partial charge in [0, 0.05) is 26.9 Å². The van der Waals surface area contributed by atoms with Crippen molar-refractivity contribution >= 4 is 0 Å². The van der Waals surface area contributed by atoms with E-state index in [1.165, 1.54) is 0 Å². The van der Waals surface area contributed by atoms with Gasteiger partial charge in [-0.2, -0.15) is 0 Å². The quantitative estimate of drug-likeness (QED) is 0.702. The van der Waals surface area contributed by atoms with E-state index >= 15 is 0 Å². The summed E-state index contributed by atoms with van der Waals surface area (Å²) in [5, 5.41) is 0. The molecule has 17 heavy (non-hydrogen) atoms. The van der Waals surface area contributed by atoms with Gasteiger partial charge in [0.1, 0.15) is 5.75 Å². The minimum atomic E-state index is -0.0815. The molecule has 4 nitrogen and oxygen atoms in total. The van der Waals surface area contributed by atoms with E-state index in [-0.39, 0.29) is 6.10 Å². The summed E-state index contributed by atoms with van der Waals surface area (Å²) in [5.74, 6) is 0.821. The predicted molar refractivity (Wildman–Crippen MR) is 67.2 cm³/mol. The Balaban J connectivity index is 2.53. The fraction of sp³-hybridized carbons (Fsp3) is 0.538. The fourth-order valence-electron chi connectivity index (χ4n) is 1.57. The summed E-state index contributed by atoms with van der Waals surface area (Å²) in [7, 11) is 3.33. The molecule has 2 N–H and O–H groups in total. The number of rotatable bonds is 8. The maximum atomic E-state index is 5.72. The predicted octanol–water partition coefficient (Wildman–Crippen LogP) is 1.75. The van der Waals surface area contributed by atoms with Crippen LogP contribution in [0, 0.1) is 0 Å². The first-order valence-electron chi connectivity index (χ1n) is 5.76. The minimum absolute atomic E-state index is 0.0815. The van der Waals surface area contributed by atoms with Gasteiger partial charge in [-0.05, 0) is 24.1 Å². The molecule has 0 saturated carbocycles. The molecular weight excluding hydrogens is 218 g/mol. The van der Waals surface area contributed by atoms with Gasteiger partial charge in [0.2, 0.25) is 0 Å². The van der Waals surface area contributed by atoms with E-state index in [1.54, 1.807) is 14.2 Å². The summed E-state index contributed by atoms with van der Waals surface area (Å²) in [6, 6.07) is 7.79. The van der Waals surface area contributed by atoms with E-state index < -0.39 is 0 Å². The highest BCUT2D eigenvalue weighted by molar-refractivity contribution is 5.30. The lowest BCUT2D eigenvalue weighted by Gasteiger charge is -2.17. The van der Waals surface area contributed by atoms with E-state index in [9.17, 15) is 0 Å². The SMILES string of the molecule is COCCCOC(CN)c1cccc(OC)c1. The Morgan fingerprint density at radius 3 is 2.71 bits per heavy atom. The lowest BCUT2D eigenvalue weighted by molar-refractivity contribution is 0.0438. The van der Waals surface area contributed by atoms with Crippen molar-refractivity contribution in [2.24, 2.45) is 5.73 Å². The Labute approximate surface area is 103 Å². The summed E-state index contributed by atoms with van der Waals surface area (Å²) in [5.41, 5.74) is 6.76. The summed E-state index contributed by atoms with van der Waals surface area (Å²) >= 11 is 0. The van der Waals surface area contributed by atoms with Crippen molar-refractivity contribution in [2.45, 2.75) is 12.5 Å². The van der Waals surface area contributed by atoms with Gasteiger partial charge in [-0.25, -0.2) is 0 Å². The van der Waals surface area contributed by atoms with Crippen LogP contribution in [0.4, 0.5) is 0 Å². The lowest BCUT2D eigenvalue weighted by atomic mass is 10.1.